The Bertz CT molecular complexity index is 1050. The van der Waals surface area contributed by atoms with Crippen LogP contribution in [0, 0.1) is 0 Å². The number of alkyl carbamates (subject to hydrolysis) is 1. The van der Waals surface area contributed by atoms with Crippen molar-refractivity contribution < 1.29 is 23.9 Å². The number of fused-ring (bicyclic) bond motifs is 1. The molecule has 30 heavy (non-hydrogen) atoms. The molecule has 8 nitrogen and oxygen atoms in total. The molecule has 0 bridgehead atoms. The number of aromatic nitrogens is 1. The van der Waals surface area contributed by atoms with E-state index in [0.29, 0.717) is 10.5 Å². The van der Waals surface area contributed by atoms with Crippen molar-refractivity contribution in [2.75, 3.05) is 13.7 Å². The molecule has 1 unspecified atom stereocenters. The maximum Gasteiger partial charge on any atom is 0.408 e. The maximum absolute atomic E-state index is 12.5. The lowest BCUT2D eigenvalue weighted by Crippen LogP contribution is -2.49. The highest BCUT2D eigenvalue weighted by Crippen LogP contribution is 2.23. The Morgan fingerprint density at radius 3 is 2.57 bits per heavy atom. The van der Waals surface area contributed by atoms with Crippen molar-refractivity contribution in [1.82, 2.24) is 15.6 Å². The number of ether oxygens (including phenoxy) is 2. The van der Waals surface area contributed by atoms with Crippen LogP contribution >= 0.6 is 11.6 Å². The minimum atomic E-state index is -1.12. The lowest BCUT2D eigenvalue weighted by atomic mass is 10.2. The highest BCUT2D eigenvalue weighted by Gasteiger charge is 2.23. The first kappa shape index (κ1) is 21.2. The Labute approximate surface area is 177 Å². The van der Waals surface area contributed by atoms with Crippen molar-refractivity contribution in [3.8, 4) is 0 Å². The van der Waals surface area contributed by atoms with E-state index < -0.39 is 24.0 Å². The number of methoxy groups -OCH3 is 1. The third-order valence-electron chi connectivity index (χ3n) is 4.31. The molecule has 2 amide bonds. The Balaban J connectivity index is 1.58. The third-order valence-corrected chi connectivity index (χ3v) is 4.62. The molecule has 1 atom stereocenters. The van der Waals surface area contributed by atoms with Crippen molar-refractivity contribution in [1.29, 1.82) is 0 Å². The summed E-state index contributed by atoms with van der Waals surface area (Å²) in [7, 11) is 1.19. The quantitative estimate of drug-likeness (QED) is 0.500. The number of H-pyrrole nitrogens is 1. The first-order valence-electron chi connectivity index (χ1n) is 9.08. The summed E-state index contributed by atoms with van der Waals surface area (Å²) >= 11 is 6.11. The van der Waals surface area contributed by atoms with Crippen LogP contribution in [-0.4, -0.2) is 42.7 Å². The summed E-state index contributed by atoms with van der Waals surface area (Å²) in [5.74, 6) is -1.18. The highest BCUT2D eigenvalue weighted by atomic mass is 35.5. The van der Waals surface area contributed by atoms with Crippen LogP contribution in [0.3, 0.4) is 0 Å². The number of para-hydroxylation sites is 1. The predicted molar refractivity (Wildman–Crippen MR) is 111 cm³/mol. The predicted octanol–water partition coefficient (Wildman–Crippen LogP) is 3.02. The van der Waals surface area contributed by atoms with Crippen LogP contribution in [0.1, 0.15) is 16.1 Å². The highest BCUT2D eigenvalue weighted by molar-refractivity contribution is 6.35. The van der Waals surface area contributed by atoms with Gasteiger partial charge in [0.2, 0.25) is 0 Å². The smallest absolute Gasteiger partial charge is 0.408 e. The van der Waals surface area contributed by atoms with E-state index in [1.165, 1.54) is 7.11 Å². The monoisotopic (exact) mass is 429 g/mol. The number of hydrogen-bond acceptors (Lipinski definition) is 5. The van der Waals surface area contributed by atoms with Gasteiger partial charge in [0.05, 0.1) is 17.6 Å². The molecule has 3 aromatic rings. The van der Waals surface area contributed by atoms with Gasteiger partial charge in [0.25, 0.3) is 5.91 Å². The Morgan fingerprint density at radius 1 is 1.10 bits per heavy atom. The standard InChI is InChI=1S/C21H20ClN3O5/c1-29-20(27)17(25-21(28)30-12-13-6-3-2-4-7-13)11-23-19(26)16-10-14-8-5-9-15(22)18(14)24-16/h2-10,17,24H,11-12H2,1H3,(H,23,26)(H,25,28). The van der Waals surface area contributed by atoms with Gasteiger partial charge in [0.15, 0.2) is 0 Å². The fourth-order valence-electron chi connectivity index (χ4n) is 2.77. The van der Waals surface area contributed by atoms with E-state index in [1.807, 2.05) is 24.3 Å². The molecule has 2 aromatic carbocycles. The second-order valence-corrected chi connectivity index (χ2v) is 6.79. The summed E-state index contributed by atoms with van der Waals surface area (Å²) < 4.78 is 9.80. The molecular weight excluding hydrogens is 410 g/mol. The van der Waals surface area contributed by atoms with E-state index in [0.717, 1.165) is 10.9 Å². The Kier molecular flexibility index (Phi) is 6.92. The fraction of sp³-hybridized carbons (Fsp3) is 0.190. The molecule has 0 aliphatic carbocycles. The lowest BCUT2D eigenvalue weighted by Gasteiger charge is -2.17. The van der Waals surface area contributed by atoms with E-state index in [4.69, 9.17) is 21.1 Å². The summed E-state index contributed by atoms with van der Waals surface area (Å²) in [6.45, 7) is -0.141. The zero-order valence-electron chi connectivity index (χ0n) is 16.1. The number of carbonyl (C=O) groups excluding carboxylic acids is 3. The largest absolute Gasteiger partial charge is 0.467 e. The number of halogens is 1. The van der Waals surface area contributed by atoms with Crippen LogP contribution in [0.2, 0.25) is 5.02 Å². The Hall–Kier alpha value is -3.52. The minimum absolute atomic E-state index is 0.0444. The van der Waals surface area contributed by atoms with Gasteiger partial charge < -0.3 is 25.1 Å². The Morgan fingerprint density at radius 2 is 1.87 bits per heavy atom. The SMILES string of the molecule is COC(=O)C(CNC(=O)c1cc2cccc(Cl)c2[nH]1)NC(=O)OCc1ccccc1. The summed E-state index contributed by atoms with van der Waals surface area (Å²) in [5, 5.41) is 6.25. The number of benzene rings is 2. The normalized spacial score (nSPS) is 11.5. The van der Waals surface area contributed by atoms with Crippen LogP contribution in [0.25, 0.3) is 10.9 Å². The van der Waals surface area contributed by atoms with Crippen molar-refractivity contribution in [3.05, 3.63) is 70.9 Å². The van der Waals surface area contributed by atoms with Crippen molar-refractivity contribution in [3.63, 3.8) is 0 Å². The average Bonchev–Trinajstić information content (AvgIpc) is 3.21. The lowest BCUT2D eigenvalue weighted by molar-refractivity contribution is -0.142. The third kappa shape index (κ3) is 5.30. The topological polar surface area (TPSA) is 110 Å². The fourth-order valence-corrected chi connectivity index (χ4v) is 3.00. The zero-order valence-corrected chi connectivity index (χ0v) is 16.9. The van der Waals surface area contributed by atoms with Gasteiger partial charge in [-0.15, -0.1) is 0 Å². The van der Waals surface area contributed by atoms with Crippen LogP contribution in [0.5, 0.6) is 0 Å². The molecule has 1 heterocycles. The summed E-state index contributed by atoms with van der Waals surface area (Å²) in [5.41, 5.74) is 1.71. The summed E-state index contributed by atoms with van der Waals surface area (Å²) in [6.07, 6.45) is -0.805. The average molecular weight is 430 g/mol. The van der Waals surface area contributed by atoms with Gasteiger partial charge >= 0.3 is 12.1 Å². The number of hydrogen-bond donors (Lipinski definition) is 3. The number of rotatable bonds is 7. The maximum atomic E-state index is 12.5. The number of esters is 1. The van der Waals surface area contributed by atoms with E-state index in [2.05, 4.69) is 15.6 Å². The molecule has 1 aromatic heterocycles. The van der Waals surface area contributed by atoms with Gasteiger partial charge in [0.1, 0.15) is 18.3 Å². The van der Waals surface area contributed by atoms with E-state index in [9.17, 15) is 14.4 Å². The molecule has 3 rings (SSSR count). The molecule has 9 heteroatoms. The van der Waals surface area contributed by atoms with Crippen molar-refractivity contribution in [2.45, 2.75) is 12.6 Å². The number of carbonyl (C=O) groups is 3. The van der Waals surface area contributed by atoms with Crippen LogP contribution in [0.15, 0.2) is 54.6 Å². The summed E-state index contributed by atoms with van der Waals surface area (Å²) in [6, 6.07) is 14.9. The van der Waals surface area contributed by atoms with Gasteiger partial charge in [-0.1, -0.05) is 54.1 Å². The van der Waals surface area contributed by atoms with Gasteiger partial charge in [-0.3, -0.25) is 4.79 Å². The molecule has 0 saturated carbocycles. The molecule has 0 spiro atoms. The van der Waals surface area contributed by atoms with E-state index >= 15 is 0 Å². The van der Waals surface area contributed by atoms with Gasteiger partial charge in [0, 0.05) is 11.9 Å². The molecule has 0 aliphatic rings. The van der Waals surface area contributed by atoms with Gasteiger partial charge in [-0.25, -0.2) is 9.59 Å². The van der Waals surface area contributed by atoms with Crippen molar-refractivity contribution in [2.24, 2.45) is 0 Å². The van der Waals surface area contributed by atoms with E-state index in [-0.39, 0.29) is 18.8 Å². The van der Waals surface area contributed by atoms with Crippen molar-refractivity contribution >= 4 is 40.5 Å². The summed E-state index contributed by atoms with van der Waals surface area (Å²) in [4.78, 5) is 39.4. The minimum Gasteiger partial charge on any atom is -0.467 e. The molecular formula is C21H20ClN3O5. The number of nitrogens with one attached hydrogen (secondary N) is 3. The zero-order chi connectivity index (χ0) is 21.5. The molecule has 0 saturated heterocycles. The first-order valence-corrected chi connectivity index (χ1v) is 9.46. The van der Waals surface area contributed by atoms with Crippen LogP contribution in [0.4, 0.5) is 4.79 Å². The second-order valence-electron chi connectivity index (χ2n) is 6.38. The first-order chi connectivity index (χ1) is 14.5. The molecule has 0 radical (unpaired) electrons. The van der Waals surface area contributed by atoms with Gasteiger partial charge in [-0.2, -0.15) is 0 Å². The molecule has 3 N–H and O–H groups in total. The molecule has 156 valence electrons. The van der Waals surface area contributed by atoms with Crippen LogP contribution in [-0.2, 0) is 20.9 Å². The number of amides is 2. The molecule has 0 fully saturated rings. The van der Waals surface area contributed by atoms with E-state index in [1.54, 1.807) is 30.3 Å². The number of aromatic amines is 1. The second kappa shape index (κ2) is 9.80. The molecule has 0 aliphatic heterocycles. The van der Waals surface area contributed by atoms with Gasteiger partial charge in [-0.05, 0) is 17.7 Å². The van der Waals surface area contributed by atoms with Crippen LogP contribution < -0.4 is 10.6 Å².